The van der Waals surface area contributed by atoms with E-state index in [0.29, 0.717) is 0 Å². The van der Waals surface area contributed by atoms with Crippen LogP contribution < -0.4 is 15.5 Å². The quantitative estimate of drug-likeness (QED) is 0.764. The van der Waals surface area contributed by atoms with Crippen molar-refractivity contribution in [2.24, 2.45) is 0 Å². The van der Waals surface area contributed by atoms with Crippen molar-refractivity contribution in [3.05, 3.63) is 29.3 Å². The largest absolute Gasteiger partial charge is 0.338 e. The number of nitrogens with zero attached hydrogens (tertiary/aromatic N) is 1. The van der Waals surface area contributed by atoms with Crippen molar-refractivity contribution in [3.8, 4) is 0 Å². The van der Waals surface area contributed by atoms with Crippen molar-refractivity contribution in [1.29, 1.82) is 0 Å². The maximum absolute atomic E-state index is 11.9. The summed E-state index contributed by atoms with van der Waals surface area (Å²) < 4.78 is 0. The molecule has 0 saturated carbocycles. The predicted octanol–water partition coefficient (Wildman–Crippen LogP) is 1.25. The van der Waals surface area contributed by atoms with Crippen LogP contribution in [0.15, 0.2) is 18.2 Å². The Morgan fingerprint density at radius 2 is 2.18 bits per heavy atom. The molecule has 2 amide bonds. The molecule has 1 aromatic rings. The summed E-state index contributed by atoms with van der Waals surface area (Å²) in [5.41, 5.74) is 3.76. The standard InChI is InChI=1S/C13H17N3O/c17-13-15-6-2-8-16(13)12-4-1-3-10-9-14-7-5-11(10)12/h1,3-4,14H,2,5-9H2,(H,15,17). The summed E-state index contributed by atoms with van der Waals surface area (Å²) in [4.78, 5) is 13.8. The number of fused-ring (bicyclic) bond motifs is 1. The highest BCUT2D eigenvalue weighted by Gasteiger charge is 2.23. The third-order valence-electron chi connectivity index (χ3n) is 3.49. The number of nitrogens with one attached hydrogen (secondary N) is 2. The first kappa shape index (κ1) is 10.6. The maximum atomic E-state index is 11.9. The molecule has 2 heterocycles. The molecular formula is C13H17N3O. The molecule has 1 aromatic carbocycles. The van der Waals surface area contributed by atoms with Gasteiger partial charge in [0.05, 0.1) is 0 Å². The van der Waals surface area contributed by atoms with Crippen molar-refractivity contribution < 1.29 is 4.79 Å². The summed E-state index contributed by atoms with van der Waals surface area (Å²) in [7, 11) is 0. The van der Waals surface area contributed by atoms with Crippen LogP contribution in [0.3, 0.4) is 0 Å². The van der Waals surface area contributed by atoms with Crippen molar-refractivity contribution in [2.75, 3.05) is 24.5 Å². The van der Waals surface area contributed by atoms with E-state index in [-0.39, 0.29) is 6.03 Å². The Hall–Kier alpha value is -1.55. The first-order valence-corrected chi connectivity index (χ1v) is 6.23. The monoisotopic (exact) mass is 231 g/mol. The summed E-state index contributed by atoms with van der Waals surface area (Å²) in [6, 6.07) is 6.30. The van der Waals surface area contributed by atoms with Gasteiger partial charge in [-0.1, -0.05) is 12.1 Å². The second-order valence-electron chi connectivity index (χ2n) is 4.58. The van der Waals surface area contributed by atoms with E-state index in [9.17, 15) is 4.79 Å². The predicted molar refractivity (Wildman–Crippen MR) is 67.2 cm³/mol. The third kappa shape index (κ3) is 1.89. The number of benzene rings is 1. The smallest absolute Gasteiger partial charge is 0.321 e. The van der Waals surface area contributed by atoms with Crippen LogP contribution in [0.25, 0.3) is 0 Å². The van der Waals surface area contributed by atoms with Crippen LogP contribution in [0.4, 0.5) is 10.5 Å². The van der Waals surface area contributed by atoms with Gasteiger partial charge in [0.15, 0.2) is 0 Å². The number of carbonyl (C=O) groups is 1. The van der Waals surface area contributed by atoms with E-state index < -0.39 is 0 Å². The molecule has 4 nitrogen and oxygen atoms in total. The first-order chi connectivity index (χ1) is 8.36. The summed E-state index contributed by atoms with van der Waals surface area (Å²) in [5.74, 6) is 0. The summed E-state index contributed by atoms with van der Waals surface area (Å²) in [5, 5.41) is 6.27. The number of rotatable bonds is 1. The van der Waals surface area contributed by atoms with E-state index in [1.807, 2.05) is 11.0 Å². The number of urea groups is 1. The zero-order valence-corrected chi connectivity index (χ0v) is 9.83. The second kappa shape index (κ2) is 4.37. The highest BCUT2D eigenvalue weighted by Crippen LogP contribution is 2.27. The lowest BCUT2D eigenvalue weighted by Gasteiger charge is -2.31. The lowest BCUT2D eigenvalue weighted by atomic mass is 9.98. The minimum Gasteiger partial charge on any atom is -0.338 e. The Morgan fingerprint density at radius 1 is 1.24 bits per heavy atom. The van der Waals surface area contributed by atoms with Crippen LogP contribution in [0.5, 0.6) is 0 Å². The Bertz CT molecular complexity index is 444. The molecule has 1 saturated heterocycles. The van der Waals surface area contributed by atoms with Crippen molar-refractivity contribution >= 4 is 11.7 Å². The fourth-order valence-corrected chi connectivity index (χ4v) is 2.62. The van der Waals surface area contributed by atoms with E-state index in [1.165, 1.54) is 11.1 Å². The van der Waals surface area contributed by atoms with E-state index in [2.05, 4.69) is 22.8 Å². The van der Waals surface area contributed by atoms with Gasteiger partial charge in [-0.25, -0.2) is 4.79 Å². The van der Waals surface area contributed by atoms with Gasteiger partial charge in [-0.3, -0.25) is 4.90 Å². The van der Waals surface area contributed by atoms with Gasteiger partial charge >= 0.3 is 6.03 Å². The highest BCUT2D eigenvalue weighted by atomic mass is 16.2. The van der Waals surface area contributed by atoms with E-state index in [4.69, 9.17) is 0 Å². The van der Waals surface area contributed by atoms with Gasteiger partial charge in [0.25, 0.3) is 0 Å². The lowest BCUT2D eigenvalue weighted by Crippen LogP contribution is -2.47. The van der Waals surface area contributed by atoms with E-state index in [1.54, 1.807) is 0 Å². The number of carbonyl (C=O) groups excluding carboxylic acids is 1. The molecule has 2 aliphatic heterocycles. The third-order valence-corrected chi connectivity index (χ3v) is 3.49. The van der Waals surface area contributed by atoms with Crippen molar-refractivity contribution in [1.82, 2.24) is 10.6 Å². The zero-order valence-electron chi connectivity index (χ0n) is 9.83. The van der Waals surface area contributed by atoms with Crippen LogP contribution >= 0.6 is 0 Å². The summed E-state index contributed by atoms with van der Waals surface area (Å²) in [6.45, 7) is 3.54. The van der Waals surface area contributed by atoms with Gasteiger partial charge in [0.1, 0.15) is 0 Å². The molecule has 0 bridgehead atoms. The average molecular weight is 231 g/mol. The van der Waals surface area contributed by atoms with E-state index in [0.717, 1.165) is 44.7 Å². The molecule has 0 aromatic heterocycles. The highest BCUT2D eigenvalue weighted by molar-refractivity contribution is 5.93. The van der Waals surface area contributed by atoms with Crippen LogP contribution in [-0.4, -0.2) is 25.7 Å². The fraction of sp³-hybridized carbons (Fsp3) is 0.462. The average Bonchev–Trinajstić information content (AvgIpc) is 2.39. The molecular weight excluding hydrogens is 214 g/mol. The minimum atomic E-state index is 0.0446. The number of hydrogen-bond acceptors (Lipinski definition) is 2. The lowest BCUT2D eigenvalue weighted by molar-refractivity contribution is 0.243. The normalized spacial score (nSPS) is 19.8. The second-order valence-corrected chi connectivity index (χ2v) is 4.58. The molecule has 0 spiro atoms. The molecule has 0 unspecified atom stereocenters. The maximum Gasteiger partial charge on any atom is 0.321 e. The van der Waals surface area contributed by atoms with Crippen LogP contribution in [0, 0.1) is 0 Å². The van der Waals surface area contributed by atoms with Gasteiger partial charge in [-0.15, -0.1) is 0 Å². The fourth-order valence-electron chi connectivity index (χ4n) is 2.62. The summed E-state index contributed by atoms with van der Waals surface area (Å²) >= 11 is 0. The molecule has 0 aliphatic carbocycles. The Kier molecular flexibility index (Phi) is 2.73. The topological polar surface area (TPSA) is 44.4 Å². The first-order valence-electron chi connectivity index (χ1n) is 6.23. The molecule has 17 heavy (non-hydrogen) atoms. The number of hydrogen-bond donors (Lipinski definition) is 2. The number of amides is 2. The van der Waals surface area contributed by atoms with Crippen molar-refractivity contribution in [2.45, 2.75) is 19.4 Å². The van der Waals surface area contributed by atoms with Gasteiger partial charge < -0.3 is 10.6 Å². The van der Waals surface area contributed by atoms with Gasteiger partial charge in [-0.05, 0) is 36.6 Å². The van der Waals surface area contributed by atoms with Crippen LogP contribution in [-0.2, 0) is 13.0 Å². The summed E-state index contributed by atoms with van der Waals surface area (Å²) in [6.07, 6.45) is 2.03. The van der Waals surface area contributed by atoms with Crippen LogP contribution in [0.2, 0.25) is 0 Å². The van der Waals surface area contributed by atoms with E-state index >= 15 is 0 Å². The molecule has 4 heteroatoms. The molecule has 2 N–H and O–H groups in total. The van der Waals surface area contributed by atoms with Gasteiger partial charge in [-0.2, -0.15) is 0 Å². The van der Waals surface area contributed by atoms with Crippen LogP contribution in [0.1, 0.15) is 17.5 Å². The Morgan fingerprint density at radius 3 is 3.06 bits per heavy atom. The molecule has 3 rings (SSSR count). The SMILES string of the molecule is O=C1NCCCN1c1cccc2c1CCNC2. The minimum absolute atomic E-state index is 0.0446. The number of anilines is 1. The molecule has 1 fully saturated rings. The van der Waals surface area contributed by atoms with Gasteiger partial charge in [0.2, 0.25) is 0 Å². The molecule has 90 valence electrons. The molecule has 0 atom stereocenters. The molecule has 0 radical (unpaired) electrons. The van der Waals surface area contributed by atoms with Crippen molar-refractivity contribution in [3.63, 3.8) is 0 Å². The van der Waals surface area contributed by atoms with Gasteiger partial charge in [0, 0.05) is 25.3 Å². The molecule has 2 aliphatic rings. The Labute approximate surface area is 101 Å². The zero-order chi connectivity index (χ0) is 11.7. The Balaban J connectivity index is 1.99.